The van der Waals surface area contributed by atoms with Gasteiger partial charge in [0.25, 0.3) is 0 Å². The molecule has 0 aliphatic rings. The molecule has 0 spiro atoms. The molecule has 2 N–H and O–H groups in total. The molecule has 0 aromatic rings. The van der Waals surface area contributed by atoms with Crippen LogP contribution in [0.15, 0.2) is 24.3 Å². The van der Waals surface area contributed by atoms with Gasteiger partial charge < -0.3 is 10.4 Å². The van der Waals surface area contributed by atoms with Gasteiger partial charge >= 0.3 is 0 Å². The average molecular weight is 590 g/mol. The van der Waals surface area contributed by atoms with E-state index in [2.05, 4.69) is 43.5 Å². The van der Waals surface area contributed by atoms with Crippen molar-refractivity contribution in [2.24, 2.45) is 0 Å². The molecule has 0 aromatic carbocycles. The van der Waals surface area contributed by atoms with E-state index >= 15 is 0 Å². The first kappa shape index (κ1) is 40.6. The maximum Gasteiger partial charge on any atom is 0.220 e. The van der Waals surface area contributed by atoms with Gasteiger partial charge in [-0.05, 0) is 64.2 Å². The summed E-state index contributed by atoms with van der Waals surface area (Å²) < 4.78 is 0. The van der Waals surface area contributed by atoms with Crippen molar-refractivity contribution >= 4 is 11.7 Å². The monoisotopic (exact) mass is 590 g/mol. The number of nitrogens with one attached hydrogen (secondary N) is 1. The molecule has 0 aliphatic heterocycles. The van der Waals surface area contributed by atoms with E-state index in [1.807, 2.05) is 0 Å². The van der Waals surface area contributed by atoms with Gasteiger partial charge in [-0.2, -0.15) is 0 Å². The van der Waals surface area contributed by atoms with Crippen LogP contribution in [0.3, 0.4) is 0 Å². The molecule has 0 rings (SSSR count). The molecule has 1 atom stereocenters. The minimum atomic E-state index is -0.180. The molecule has 0 saturated heterocycles. The molecule has 0 bridgehead atoms. The van der Waals surface area contributed by atoms with Gasteiger partial charge in [0.2, 0.25) is 5.91 Å². The van der Waals surface area contributed by atoms with Crippen LogP contribution in [0.5, 0.6) is 0 Å². The number of amides is 1. The Morgan fingerprint density at radius 1 is 0.548 bits per heavy atom. The lowest BCUT2D eigenvalue weighted by Gasteiger charge is -2.07. The second-order valence-electron chi connectivity index (χ2n) is 12.5. The molecule has 4 heteroatoms. The fourth-order valence-corrected chi connectivity index (χ4v) is 5.32. The van der Waals surface area contributed by atoms with Gasteiger partial charge in [-0.15, -0.1) is 0 Å². The molecule has 246 valence electrons. The zero-order valence-corrected chi connectivity index (χ0v) is 28.2. The van der Waals surface area contributed by atoms with Crippen LogP contribution in [0.25, 0.3) is 0 Å². The average Bonchev–Trinajstić information content (AvgIpc) is 2.98. The summed E-state index contributed by atoms with van der Waals surface area (Å²) in [5.41, 5.74) is 0. The van der Waals surface area contributed by atoms with Crippen LogP contribution in [0.4, 0.5) is 0 Å². The van der Waals surface area contributed by atoms with Crippen LogP contribution in [-0.4, -0.2) is 29.4 Å². The Morgan fingerprint density at radius 2 is 1.00 bits per heavy atom. The van der Waals surface area contributed by atoms with E-state index in [0.29, 0.717) is 25.8 Å². The van der Waals surface area contributed by atoms with E-state index in [1.165, 1.54) is 109 Å². The van der Waals surface area contributed by atoms with Crippen molar-refractivity contribution in [1.29, 1.82) is 0 Å². The first-order valence-corrected chi connectivity index (χ1v) is 18.4. The summed E-state index contributed by atoms with van der Waals surface area (Å²) in [6.07, 6.45) is 40.3. The molecule has 1 unspecified atom stereocenters. The fourth-order valence-electron chi connectivity index (χ4n) is 5.32. The number of hydrogen-bond acceptors (Lipinski definition) is 3. The number of ketones is 1. The van der Waals surface area contributed by atoms with E-state index in [1.54, 1.807) is 0 Å². The number of carbonyl (C=O) groups is 2. The minimum absolute atomic E-state index is 0.0935. The highest BCUT2D eigenvalue weighted by molar-refractivity contribution is 5.80. The van der Waals surface area contributed by atoms with Gasteiger partial charge in [0, 0.05) is 25.8 Å². The number of rotatable bonds is 33. The van der Waals surface area contributed by atoms with Gasteiger partial charge in [-0.25, -0.2) is 0 Å². The first-order valence-electron chi connectivity index (χ1n) is 18.4. The van der Waals surface area contributed by atoms with Crippen molar-refractivity contribution < 1.29 is 14.7 Å². The molecular formula is C38H71NO3. The molecular weight excluding hydrogens is 518 g/mol. The van der Waals surface area contributed by atoms with Crippen molar-refractivity contribution in [2.45, 2.75) is 200 Å². The normalized spacial score (nSPS) is 12.5. The summed E-state index contributed by atoms with van der Waals surface area (Å²) >= 11 is 0. The van der Waals surface area contributed by atoms with Crippen LogP contribution in [0, 0.1) is 0 Å². The Hall–Kier alpha value is -1.42. The third-order valence-corrected chi connectivity index (χ3v) is 8.18. The molecule has 42 heavy (non-hydrogen) atoms. The Morgan fingerprint density at radius 3 is 1.57 bits per heavy atom. The smallest absolute Gasteiger partial charge is 0.220 e. The molecule has 0 radical (unpaired) electrons. The molecule has 1 amide bonds. The maximum atomic E-state index is 12.1. The lowest BCUT2D eigenvalue weighted by molar-refractivity contribution is -0.121. The summed E-state index contributed by atoms with van der Waals surface area (Å²) in [5.74, 6) is 0.364. The van der Waals surface area contributed by atoms with E-state index in [9.17, 15) is 14.7 Å². The summed E-state index contributed by atoms with van der Waals surface area (Å²) in [6, 6.07) is 0. The van der Waals surface area contributed by atoms with Crippen LogP contribution < -0.4 is 5.32 Å². The van der Waals surface area contributed by atoms with Crippen molar-refractivity contribution in [3.05, 3.63) is 24.3 Å². The number of hydrogen-bond donors (Lipinski definition) is 2. The Balaban J connectivity index is 3.40. The predicted molar refractivity (Wildman–Crippen MR) is 183 cm³/mol. The number of unbranched alkanes of at least 4 members (excludes halogenated alkanes) is 19. The quantitative estimate of drug-likeness (QED) is 0.0591. The van der Waals surface area contributed by atoms with E-state index in [-0.39, 0.29) is 17.8 Å². The Bertz CT molecular complexity index is 642. The van der Waals surface area contributed by atoms with Crippen molar-refractivity contribution in [3.63, 3.8) is 0 Å². The second-order valence-corrected chi connectivity index (χ2v) is 12.5. The second kappa shape index (κ2) is 34.1. The van der Waals surface area contributed by atoms with Gasteiger partial charge in [0.1, 0.15) is 5.78 Å². The van der Waals surface area contributed by atoms with Crippen molar-refractivity contribution in [2.75, 3.05) is 6.54 Å². The number of allylic oxidation sites excluding steroid dienone is 3. The van der Waals surface area contributed by atoms with Crippen LogP contribution in [0.2, 0.25) is 0 Å². The summed E-state index contributed by atoms with van der Waals surface area (Å²) in [5, 5.41) is 12.9. The lowest BCUT2D eigenvalue weighted by Crippen LogP contribution is -2.25. The zero-order valence-electron chi connectivity index (χ0n) is 28.2. The van der Waals surface area contributed by atoms with Gasteiger partial charge in [0.15, 0.2) is 0 Å². The van der Waals surface area contributed by atoms with Crippen molar-refractivity contribution in [3.8, 4) is 0 Å². The van der Waals surface area contributed by atoms with Gasteiger partial charge in [-0.1, -0.05) is 134 Å². The SMILES string of the molecule is CCCCCCCCC=CCCCCCCCC(=O)NCCC(=O)CCCCCCC/C=C/CC(O)CCCCCC. The standard InChI is InChI=1S/C38H71NO3/c1-3-5-7-9-10-11-12-13-14-15-16-17-22-25-29-33-38(42)39-35-34-37(41)32-28-24-21-19-18-20-23-27-31-36(40)30-26-8-6-4-2/h13-14,23,27,36,40H,3-12,15-22,24-26,28-35H2,1-2H3,(H,39,42)/b14-13?,27-23+. The first-order chi connectivity index (χ1) is 20.6. The summed E-state index contributed by atoms with van der Waals surface area (Å²) in [4.78, 5) is 24.1. The number of carbonyl (C=O) groups excluding carboxylic acids is 2. The lowest BCUT2D eigenvalue weighted by atomic mass is 10.1. The third kappa shape index (κ3) is 33.1. The predicted octanol–water partition coefficient (Wildman–Crippen LogP) is 11.1. The van der Waals surface area contributed by atoms with Gasteiger partial charge in [0.05, 0.1) is 6.10 Å². The number of aliphatic hydroxyl groups excluding tert-OH is 1. The minimum Gasteiger partial charge on any atom is -0.393 e. The highest BCUT2D eigenvalue weighted by Crippen LogP contribution is 2.12. The Labute approximate surface area is 262 Å². The fraction of sp³-hybridized carbons (Fsp3) is 0.842. The third-order valence-electron chi connectivity index (χ3n) is 8.18. The molecule has 0 heterocycles. The van der Waals surface area contributed by atoms with E-state index in [4.69, 9.17) is 0 Å². The van der Waals surface area contributed by atoms with Gasteiger partial charge in [-0.3, -0.25) is 9.59 Å². The van der Waals surface area contributed by atoms with E-state index in [0.717, 1.165) is 51.4 Å². The molecule has 0 fully saturated rings. The Kier molecular flexibility index (Phi) is 32.9. The summed E-state index contributed by atoms with van der Waals surface area (Å²) in [6.45, 7) is 4.97. The molecule has 0 saturated carbocycles. The van der Waals surface area contributed by atoms with E-state index < -0.39 is 0 Å². The maximum absolute atomic E-state index is 12.1. The zero-order chi connectivity index (χ0) is 30.8. The number of Topliss-reactive ketones (excluding diaryl/α,β-unsaturated/α-hetero) is 1. The molecule has 0 aromatic heterocycles. The highest BCUT2D eigenvalue weighted by Gasteiger charge is 2.05. The van der Waals surface area contributed by atoms with Crippen LogP contribution in [0.1, 0.15) is 194 Å². The largest absolute Gasteiger partial charge is 0.393 e. The topological polar surface area (TPSA) is 66.4 Å². The number of aliphatic hydroxyl groups is 1. The highest BCUT2D eigenvalue weighted by atomic mass is 16.3. The molecule has 4 nitrogen and oxygen atoms in total. The van der Waals surface area contributed by atoms with Crippen LogP contribution in [-0.2, 0) is 9.59 Å². The van der Waals surface area contributed by atoms with Crippen molar-refractivity contribution in [1.82, 2.24) is 5.32 Å². The molecule has 0 aliphatic carbocycles. The summed E-state index contributed by atoms with van der Waals surface area (Å²) in [7, 11) is 0. The van der Waals surface area contributed by atoms with Crippen LogP contribution >= 0.6 is 0 Å².